The molecule has 3 atom stereocenters. The lowest BCUT2D eigenvalue weighted by Crippen LogP contribution is -2.50. The van der Waals surface area contributed by atoms with Crippen molar-refractivity contribution in [1.29, 1.82) is 0 Å². The molecule has 0 aliphatic heterocycles. The van der Waals surface area contributed by atoms with Crippen molar-refractivity contribution in [2.45, 2.75) is 65.0 Å². The third kappa shape index (κ3) is 6.11. The molecule has 0 heterocycles. The van der Waals surface area contributed by atoms with Gasteiger partial charge in [0, 0.05) is 25.7 Å². The Bertz CT molecular complexity index is 255. The topological polar surface area (TPSA) is 26.7 Å². The maximum Gasteiger partial charge on any atom is 0.0695 e. The van der Waals surface area contributed by atoms with Gasteiger partial charge in [0.2, 0.25) is 0 Å². The monoisotopic (exact) mass is 284 g/mol. The molecule has 1 fully saturated rings. The Morgan fingerprint density at radius 1 is 1.15 bits per heavy atom. The van der Waals surface area contributed by atoms with E-state index < -0.39 is 0 Å². The van der Waals surface area contributed by atoms with Crippen molar-refractivity contribution in [2.24, 2.45) is 11.8 Å². The molecule has 1 saturated carbocycles. The molecule has 3 nitrogen and oxygen atoms in total. The number of hydrogen-bond acceptors (Lipinski definition) is 3. The maximum absolute atomic E-state index is 10.4. The van der Waals surface area contributed by atoms with Crippen LogP contribution in [0.4, 0.5) is 0 Å². The molecule has 0 radical (unpaired) electrons. The highest BCUT2D eigenvalue weighted by Crippen LogP contribution is 2.31. The lowest BCUT2D eigenvalue weighted by Gasteiger charge is -2.42. The van der Waals surface area contributed by atoms with Crippen LogP contribution in [0.15, 0.2) is 0 Å². The Morgan fingerprint density at radius 2 is 1.85 bits per heavy atom. The summed E-state index contributed by atoms with van der Waals surface area (Å²) in [5.41, 5.74) is 0. The van der Waals surface area contributed by atoms with E-state index in [1.165, 1.54) is 25.7 Å². The van der Waals surface area contributed by atoms with E-state index in [0.717, 1.165) is 32.0 Å². The van der Waals surface area contributed by atoms with Crippen LogP contribution < -0.4 is 0 Å². The summed E-state index contributed by atoms with van der Waals surface area (Å²) < 4.78 is 0. The zero-order chi connectivity index (χ0) is 15.1. The zero-order valence-corrected chi connectivity index (χ0v) is 14.3. The van der Waals surface area contributed by atoms with Crippen molar-refractivity contribution in [1.82, 2.24) is 9.80 Å². The SMILES string of the molecule is CCCC1CCC(O)C(N(CCN(C)C)CC(C)C)C1. The summed E-state index contributed by atoms with van der Waals surface area (Å²) >= 11 is 0. The van der Waals surface area contributed by atoms with Gasteiger partial charge in [-0.25, -0.2) is 0 Å². The summed E-state index contributed by atoms with van der Waals surface area (Å²) in [6.45, 7) is 10.1. The van der Waals surface area contributed by atoms with Gasteiger partial charge in [-0.3, -0.25) is 4.90 Å². The number of hydrogen-bond donors (Lipinski definition) is 1. The largest absolute Gasteiger partial charge is 0.391 e. The summed E-state index contributed by atoms with van der Waals surface area (Å²) in [6.07, 6.45) is 5.88. The minimum absolute atomic E-state index is 0.121. The second-order valence-corrected chi connectivity index (χ2v) is 7.29. The Morgan fingerprint density at radius 3 is 2.40 bits per heavy atom. The smallest absolute Gasteiger partial charge is 0.0695 e. The summed E-state index contributed by atoms with van der Waals surface area (Å²) in [7, 11) is 4.26. The van der Waals surface area contributed by atoms with Gasteiger partial charge in [0.25, 0.3) is 0 Å². The van der Waals surface area contributed by atoms with Crippen LogP contribution in [0.5, 0.6) is 0 Å². The predicted octanol–water partition coefficient (Wildman–Crippen LogP) is 2.84. The van der Waals surface area contributed by atoms with Crippen molar-refractivity contribution in [3.8, 4) is 0 Å². The minimum atomic E-state index is -0.121. The summed E-state index contributed by atoms with van der Waals surface area (Å²) in [5.74, 6) is 1.48. The van der Waals surface area contributed by atoms with Crippen LogP contribution in [0.25, 0.3) is 0 Å². The van der Waals surface area contributed by atoms with Crippen LogP contribution >= 0.6 is 0 Å². The van der Waals surface area contributed by atoms with Gasteiger partial charge in [0.1, 0.15) is 0 Å². The lowest BCUT2D eigenvalue weighted by molar-refractivity contribution is -0.00506. The molecular weight excluding hydrogens is 248 g/mol. The first-order chi connectivity index (χ1) is 9.43. The van der Waals surface area contributed by atoms with E-state index in [9.17, 15) is 5.11 Å². The van der Waals surface area contributed by atoms with E-state index >= 15 is 0 Å². The average Bonchev–Trinajstić information content (AvgIpc) is 2.36. The Kier molecular flexibility index (Phi) is 8.08. The summed E-state index contributed by atoms with van der Waals surface area (Å²) in [6, 6.07) is 0.377. The van der Waals surface area contributed by atoms with Crippen LogP contribution in [-0.2, 0) is 0 Å². The van der Waals surface area contributed by atoms with Gasteiger partial charge < -0.3 is 10.0 Å². The van der Waals surface area contributed by atoms with Crippen molar-refractivity contribution in [2.75, 3.05) is 33.7 Å². The van der Waals surface area contributed by atoms with E-state index in [0.29, 0.717) is 12.0 Å². The van der Waals surface area contributed by atoms with Crippen LogP contribution in [0.2, 0.25) is 0 Å². The van der Waals surface area contributed by atoms with Crippen LogP contribution in [0, 0.1) is 11.8 Å². The fraction of sp³-hybridized carbons (Fsp3) is 1.00. The van der Waals surface area contributed by atoms with Gasteiger partial charge in [-0.1, -0.05) is 33.6 Å². The number of aliphatic hydroxyl groups excluding tert-OH is 1. The van der Waals surface area contributed by atoms with Crippen LogP contribution in [0.1, 0.15) is 52.9 Å². The number of likely N-dealkylation sites (N-methyl/N-ethyl adjacent to an activating group) is 1. The van der Waals surface area contributed by atoms with Gasteiger partial charge in [-0.2, -0.15) is 0 Å². The number of nitrogens with zero attached hydrogens (tertiary/aromatic N) is 2. The van der Waals surface area contributed by atoms with E-state index in [4.69, 9.17) is 0 Å². The van der Waals surface area contributed by atoms with Gasteiger partial charge in [-0.05, 0) is 45.2 Å². The van der Waals surface area contributed by atoms with Crippen molar-refractivity contribution >= 4 is 0 Å². The minimum Gasteiger partial charge on any atom is -0.391 e. The first kappa shape index (κ1) is 17.9. The quantitative estimate of drug-likeness (QED) is 0.742. The zero-order valence-electron chi connectivity index (χ0n) is 14.3. The summed E-state index contributed by atoms with van der Waals surface area (Å²) in [4.78, 5) is 4.79. The van der Waals surface area contributed by atoms with Gasteiger partial charge >= 0.3 is 0 Å². The van der Waals surface area contributed by atoms with Crippen molar-refractivity contribution in [3.05, 3.63) is 0 Å². The molecule has 0 amide bonds. The van der Waals surface area contributed by atoms with Gasteiger partial charge in [-0.15, -0.1) is 0 Å². The third-order valence-electron chi connectivity index (χ3n) is 4.49. The molecule has 1 aliphatic rings. The van der Waals surface area contributed by atoms with Crippen molar-refractivity contribution < 1.29 is 5.11 Å². The summed E-state index contributed by atoms with van der Waals surface area (Å²) in [5, 5.41) is 10.4. The molecule has 0 aromatic rings. The molecule has 3 unspecified atom stereocenters. The molecule has 0 bridgehead atoms. The van der Waals surface area contributed by atoms with E-state index in [-0.39, 0.29) is 6.10 Å². The molecule has 120 valence electrons. The molecule has 1 N–H and O–H groups in total. The van der Waals surface area contributed by atoms with E-state index in [2.05, 4.69) is 44.7 Å². The molecule has 0 aromatic heterocycles. The maximum atomic E-state index is 10.4. The second kappa shape index (κ2) is 9.01. The highest BCUT2D eigenvalue weighted by molar-refractivity contribution is 4.87. The molecule has 0 aromatic carbocycles. The Hall–Kier alpha value is -0.120. The van der Waals surface area contributed by atoms with Crippen LogP contribution in [0.3, 0.4) is 0 Å². The Balaban J connectivity index is 2.64. The highest BCUT2D eigenvalue weighted by atomic mass is 16.3. The molecular formula is C17H36N2O. The highest BCUT2D eigenvalue weighted by Gasteiger charge is 2.33. The molecule has 3 heteroatoms. The number of rotatable bonds is 8. The Labute approximate surface area is 126 Å². The van der Waals surface area contributed by atoms with Gasteiger partial charge in [0.05, 0.1) is 6.10 Å². The standard InChI is InChI=1S/C17H36N2O/c1-6-7-15-8-9-17(20)16(12-15)19(13-14(2)3)11-10-18(4)5/h14-17,20H,6-13H2,1-5H3. The lowest BCUT2D eigenvalue weighted by atomic mass is 9.80. The average molecular weight is 284 g/mol. The first-order valence-electron chi connectivity index (χ1n) is 8.50. The van der Waals surface area contributed by atoms with E-state index in [1.807, 2.05) is 0 Å². The third-order valence-corrected chi connectivity index (χ3v) is 4.49. The molecule has 20 heavy (non-hydrogen) atoms. The van der Waals surface area contributed by atoms with Crippen molar-refractivity contribution in [3.63, 3.8) is 0 Å². The van der Waals surface area contributed by atoms with E-state index in [1.54, 1.807) is 0 Å². The normalized spacial score (nSPS) is 27.8. The fourth-order valence-electron chi connectivity index (χ4n) is 3.47. The molecule has 1 rings (SSSR count). The second-order valence-electron chi connectivity index (χ2n) is 7.29. The number of aliphatic hydroxyl groups is 1. The molecule has 0 saturated heterocycles. The molecule has 1 aliphatic carbocycles. The fourth-order valence-corrected chi connectivity index (χ4v) is 3.47. The molecule has 0 spiro atoms. The predicted molar refractivity (Wildman–Crippen MR) is 87.0 cm³/mol. The van der Waals surface area contributed by atoms with Crippen LogP contribution in [-0.4, -0.2) is 60.8 Å². The first-order valence-corrected chi connectivity index (χ1v) is 8.50. The van der Waals surface area contributed by atoms with Gasteiger partial charge in [0.15, 0.2) is 0 Å².